The first-order valence-electron chi connectivity index (χ1n) is 4.63. The molecule has 0 amide bonds. The van der Waals surface area contributed by atoms with E-state index in [4.69, 9.17) is 0 Å². The summed E-state index contributed by atoms with van der Waals surface area (Å²) >= 11 is 0. The van der Waals surface area contributed by atoms with Gasteiger partial charge in [-0.2, -0.15) is 10.2 Å². The van der Waals surface area contributed by atoms with Crippen LogP contribution in [0.2, 0.25) is 0 Å². The van der Waals surface area contributed by atoms with Gasteiger partial charge in [-0.05, 0) is 18.6 Å². The Morgan fingerprint density at radius 1 is 1.46 bits per heavy atom. The van der Waals surface area contributed by atoms with Crippen LogP contribution in [0.15, 0.2) is 28.6 Å². The lowest BCUT2D eigenvalue weighted by atomic mass is 10.3. The van der Waals surface area contributed by atoms with Crippen LogP contribution in [-0.4, -0.2) is 11.5 Å². The van der Waals surface area contributed by atoms with Gasteiger partial charge >= 0.3 is 0 Å². The molecular weight excluding hydrogens is 162 g/mol. The van der Waals surface area contributed by atoms with Crippen LogP contribution in [0.4, 0.5) is 5.69 Å². The topological polar surface area (TPSA) is 37.6 Å². The van der Waals surface area contributed by atoms with E-state index in [2.05, 4.69) is 28.3 Å². The molecule has 13 heavy (non-hydrogen) atoms. The van der Waals surface area contributed by atoms with Crippen molar-refractivity contribution in [3.63, 3.8) is 0 Å². The van der Waals surface area contributed by atoms with Gasteiger partial charge in [-0.15, -0.1) is 0 Å². The van der Waals surface area contributed by atoms with Gasteiger partial charge in [-0.1, -0.05) is 19.8 Å². The first-order valence-corrected chi connectivity index (χ1v) is 4.63. The summed E-state index contributed by atoms with van der Waals surface area (Å²) in [6.45, 7) is 2.97. The molecule has 0 spiro atoms. The van der Waals surface area contributed by atoms with Gasteiger partial charge in [0.1, 0.15) is 11.9 Å². The number of hydrogen-bond donors (Lipinski definition) is 0. The second kappa shape index (κ2) is 6.29. The summed E-state index contributed by atoms with van der Waals surface area (Å²) < 4.78 is 0. The predicted molar refractivity (Wildman–Crippen MR) is 52.0 cm³/mol. The minimum Gasteiger partial charge on any atom is -0.252 e. The van der Waals surface area contributed by atoms with Crippen molar-refractivity contribution >= 4 is 5.69 Å². The maximum Gasteiger partial charge on any atom is 0.118 e. The van der Waals surface area contributed by atoms with Crippen LogP contribution in [0.3, 0.4) is 0 Å². The Balaban J connectivity index is 2.25. The first kappa shape index (κ1) is 9.84. The summed E-state index contributed by atoms with van der Waals surface area (Å²) in [5.74, 6) is 0. The Kier molecular flexibility index (Phi) is 4.76. The molecule has 1 aromatic rings. The van der Waals surface area contributed by atoms with Crippen LogP contribution in [0, 0.1) is 6.20 Å². The summed E-state index contributed by atoms with van der Waals surface area (Å²) in [7, 11) is 0. The number of pyridine rings is 1. The van der Waals surface area contributed by atoms with Crippen molar-refractivity contribution < 1.29 is 0 Å². The molecule has 0 aliphatic carbocycles. The minimum atomic E-state index is 0.707. The van der Waals surface area contributed by atoms with Crippen molar-refractivity contribution in [1.82, 2.24) is 4.98 Å². The molecule has 69 valence electrons. The van der Waals surface area contributed by atoms with E-state index in [1.807, 2.05) is 12.1 Å². The third kappa shape index (κ3) is 4.35. The lowest BCUT2D eigenvalue weighted by Crippen LogP contribution is -1.78. The molecule has 0 saturated heterocycles. The van der Waals surface area contributed by atoms with Gasteiger partial charge in [0.15, 0.2) is 0 Å². The molecule has 1 rings (SSSR count). The zero-order valence-corrected chi connectivity index (χ0v) is 7.90. The highest BCUT2D eigenvalue weighted by molar-refractivity contribution is 5.29. The molecule has 3 nitrogen and oxygen atoms in total. The predicted octanol–water partition coefficient (Wildman–Crippen LogP) is 3.16. The molecule has 1 radical (unpaired) electrons. The van der Waals surface area contributed by atoms with Crippen LogP contribution < -0.4 is 0 Å². The van der Waals surface area contributed by atoms with E-state index in [1.165, 1.54) is 12.8 Å². The summed E-state index contributed by atoms with van der Waals surface area (Å²) in [4.78, 5) is 3.82. The average molecular weight is 176 g/mol. The molecular formula is C10H14N3. The van der Waals surface area contributed by atoms with E-state index in [1.54, 1.807) is 6.20 Å². The van der Waals surface area contributed by atoms with Crippen LogP contribution in [0.5, 0.6) is 0 Å². The monoisotopic (exact) mass is 176 g/mol. The van der Waals surface area contributed by atoms with Crippen LogP contribution >= 0.6 is 0 Å². The zero-order chi connectivity index (χ0) is 9.36. The van der Waals surface area contributed by atoms with Gasteiger partial charge < -0.3 is 0 Å². The van der Waals surface area contributed by atoms with E-state index in [9.17, 15) is 0 Å². The Morgan fingerprint density at radius 3 is 3.08 bits per heavy atom. The molecule has 0 aromatic carbocycles. The molecule has 0 bridgehead atoms. The molecule has 0 atom stereocenters. The van der Waals surface area contributed by atoms with Crippen molar-refractivity contribution in [3.8, 4) is 0 Å². The molecule has 0 aliphatic heterocycles. The maximum atomic E-state index is 4.03. The van der Waals surface area contributed by atoms with Gasteiger partial charge in [-0.25, -0.2) is 0 Å². The van der Waals surface area contributed by atoms with Gasteiger partial charge in [-0.3, -0.25) is 4.98 Å². The first-order chi connectivity index (χ1) is 6.43. The van der Waals surface area contributed by atoms with Gasteiger partial charge in [0, 0.05) is 6.20 Å². The fourth-order valence-corrected chi connectivity index (χ4v) is 0.932. The van der Waals surface area contributed by atoms with Crippen molar-refractivity contribution in [2.75, 3.05) is 6.54 Å². The van der Waals surface area contributed by atoms with Crippen molar-refractivity contribution in [2.45, 2.75) is 26.2 Å². The quantitative estimate of drug-likeness (QED) is 0.501. The highest BCUT2D eigenvalue weighted by atomic mass is 15.1. The fraction of sp³-hybridized carbons (Fsp3) is 0.500. The standard InChI is InChI=1S/C10H14N3/c1-2-3-4-8-12-13-10-6-5-7-11-9-10/h5-7H,2-4,8H2,1H3. The summed E-state index contributed by atoms with van der Waals surface area (Å²) in [6.07, 6.45) is 7.97. The zero-order valence-electron chi connectivity index (χ0n) is 7.90. The summed E-state index contributed by atoms with van der Waals surface area (Å²) in [5.41, 5.74) is 0.707. The molecule has 0 saturated carbocycles. The van der Waals surface area contributed by atoms with E-state index in [0.29, 0.717) is 5.69 Å². The van der Waals surface area contributed by atoms with E-state index in [-0.39, 0.29) is 0 Å². The van der Waals surface area contributed by atoms with Crippen LogP contribution in [-0.2, 0) is 0 Å². The van der Waals surface area contributed by atoms with Crippen LogP contribution in [0.1, 0.15) is 26.2 Å². The van der Waals surface area contributed by atoms with Gasteiger partial charge in [0.2, 0.25) is 0 Å². The lowest BCUT2D eigenvalue weighted by molar-refractivity contribution is 0.713. The number of hydrogen-bond acceptors (Lipinski definition) is 3. The third-order valence-corrected chi connectivity index (χ3v) is 1.63. The second-order valence-corrected chi connectivity index (χ2v) is 2.81. The van der Waals surface area contributed by atoms with Crippen molar-refractivity contribution in [2.24, 2.45) is 10.2 Å². The minimum absolute atomic E-state index is 0.707. The molecule has 0 aliphatic rings. The molecule has 0 fully saturated rings. The largest absolute Gasteiger partial charge is 0.252 e. The maximum absolute atomic E-state index is 4.03. The number of rotatable bonds is 5. The lowest BCUT2D eigenvalue weighted by Gasteiger charge is -1.91. The summed E-state index contributed by atoms with van der Waals surface area (Å²) in [5, 5.41) is 8.02. The van der Waals surface area contributed by atoms with Gasteiger partial charge in [0.25, 0.3) is 0 Å². The highest BCUT2D eigenvalue weighted by Crippen LogP contribution is 2.07. The highest BCUT2D eigenvalue weighted by Gasteiger charge is 1.86. The third-order valence-electron chi connectivity index (χ3n) is 1.63. The fourth-order valence-electron chi connectivity index (χ4n) is 0.932. The van der Waals surface area contributed by atoms with E-state index in [0.717, 1.165) is 13.0 Å². The second-order valence-electron chi connectivity index (χ2n) is 2.81. The molecule has 0 N–H and O–H groups in total. The SMILES string of the molecule is CCCCCN=Nc1[c]nccc1. The molecule has 3 heteroatoms. The molecule has 0 unspecified atom stereocenters. The van der Waals surface area contributed by atoms with Gasteiger partial charge in [0.05, 0.1) is 6.54 Å². The average Bonchev–Trinajstić information content (AvgIpc) is 2.19. The molecule has 1 heterocycles. The normalized spacial score (nSPS) is 10.8. The molecule has 1 aromatic heterocycles. The number of unbranched alkanes of at least 4 members (excludes halogenated alkanes) is 2. The van der Waals surface area contributed by atoms with Crippen LogP contribution in [0.25, 0.3) is 0 Å². The Labute approximate surface area is 78.9 Å². The Bertz CT molecular complexity index is 244. The number of aromatic nitrogens is 1. The van der Waals surface area contributed by atoms with E-state index < -0.39 is 0 Å². The number of azo groups is 1. The smallest absolute Gasteiger partial charge is 0.118 e. The van der Waals surface area contributed by atoms with Crippen molar-refractivity contribution in [3.05, 3.63) is 24.5 Å². The Morgan fingerprint density at radius 2 is 2.38 bits per heavy atom. The number of nitrogens with zero attached hydrogens (tertiary/aromatic N) is 3. The Hall–Kier alpha value is -1.25. The van der Waals surface area contributed by atoms with E-state index >= 15 is 0 Å². The summed E-state index contributed by atoms with van der Waals surface area (Å²) in [6, 6.07) is 3.67. The van der Waals surface area contributed by atoms with Crippen molar-refractivity contribution in [1.29, 1.82) is 0 Å².